The van der Waals surface area contributed by atoms with Crippen LogP contribution in [0.5, 0.6) is 0 Å². The first-order valence-corrected chi connectivity index (χ1v) is 7.63. The fourth-order valence-electron chi connectivity index (χ4n) is 2.99. The van der Waals surface area contributed by atoms with E-state index < -0.39 is 17.8 Å². The standard InChI is InChI=1S/C15H17BrO4/c16-11-3-1-10(2-4-11)14(18)12-9-15(6-5-13(12)17)19-7-8-20-15/h1-4,12,14,18H,5-9H2/t12-,14+/m1/s1. The summed E-state index contributed by atoms with van der Waals surface area (Å²) < 4.78 is 12.3. The smallest absolute Gasteiger partial charge is 0.169 e. The highest BCUT2D eigenvalue weighted by Gasteiger charge is 2.46. The van der Waals surface area contributed by atoms with Crippen LogP contribution >= 0.6 is 15.9 Å². The van der Waals surface area contributed by atoms with Crippen LogP contribution in [-0.2, 0) is 14.3 Å². The van der Waals surface area contributed by atoms with Crippen LogP contribution in [0.2, 0.25) is 0 Å². The number of Topliss-reactive ketones (excluding diaryl/α,β-unsaturated/α-hetero) is 1. The van der Waals surface area contributed by atoms with Crippen molar-refractivity contribution in [3.63, 3.8) is 0 Å². The average molecular weight is 341 g/mol. The Balaban J connectivity index is 1.79. The molecule has 0 bridgehead atoms. The molecular formula is C15H17BrO4. The van der Waals surface area contributed by atoms with Gasteiger partial charge in [0.2, 0.25) is 0 Å². The Kier molecular flexibility index (Phi) is 3.95. The molecular weight excluding hydrogens is 324 g/mol. The fraction of sp³-hybridized carbons (Fsp3) is 0.533. The summed E-state index contributed by atoms with van der Waals surface area (Å²) in [6.07, 6.45) is 0.622. The van der Waals surface area contributed by atoms with E-state index in [9.17, 15) is 9.90 Å². The third-order valence-electron chi connectivity index (χ3n) is 4.10. The van der Waals surface area contributed by atoms with Crippen molar-refractivity contribution in [2.24, 2.45) is 5.92 Å². The molecule has 3 rings (SSSR count). The Hall–Kier alpha value is -0.750. The normalized spacial score (nSPS) is 26.9. The maximum absolute atomic E-state index is 12.1. The summed E-state index contributed by atoms with van der Waals surface area (Å²) in [6, 6.07) is 7.40. The van der Waals surface area contributed by atoms with Gasteiger partial charge in [0.05, 0.1) is 25.2 Å². The van der Waals surface area contributed by atoms with Crippen molar-refractivity contribution < 1.29 is 19.4 Å². The number of hydrogen-bond donors (Lipinski definition) is 1. The number of ether oxygens (including phenoxy) is 2. The molecule has 1 aliphatic carbocycles. The summed E-state index contributed by atoms with van der Waals surface area (Å²) >= 11 is 3.36. The van der Waals surface area contributed by atoms with E-state index in [4.69, 9.17) is 9.47 Å². The summed E-state index contributed by atoms with van der Waals surface area (Å²) in [4.78, 5) is 12.1. The first-order valence-electron chi connectivity index (χ1n) is 6.84. The summed E-state index contributed by atoms with van der Waals surface area (Å²) in [6.45, 7) is 1.13. The zero-order valence-electron chi connectivity index (χ0n) is 11.0. The number of hydrogen-bond acceptors (Lipinski definition) is 4. The fourth-order valence-corrected chi connectivity index (χ4v) is 3.25. The monoisotopic (exact) mass is 340 g/mol. The first kappa shape index (κ1) is 14.2. The third-order valence-corrected chi connectivity index (χ3v) is 4.63. The van der Waals surface area contributed by atoms with Gasteiger partial charge in [-0.3, -0.25) is 4.79 Å². The first-order chi connectivity index (χ1) is 9.60. The van der Waals surface area contributed by atoms with Gasteiger partial charge in [-0.1, -0.05) is 28.1 Å². The lowest BCUT2D eigenvalue weighted by atomic mass is 9.78. The quantitative estimate of drug-likeness (QED) is 0.898. The number of aliphatic hydroxyl groups is 1. The Morgan fingerprint density at radius 2 is 1.90 bits per heavy atom. The van der Waals surface area contributed by atoms with E-state index in [-0.39, 0.29) is 5.78 Å². The van der Waals surface area contributed by atoms with E-state index in [1.54, 1.807) is 0 Å². The molecule has 108 valence electrons. The molecule has 1 saturated carbocycles. The highest BCUT2D eigenvalue weighted by atomic mass is 79.9. The molecule has 1 aliphatic heterocycles. The predicted molar refractivity (Wildman–Crippen MR) is 76.1 cm³/mol. The second-order valence-corrected chi connectivity index (χ2v) is 6.30. The number of carbonyl (C=O) groups excluding carboxylic acids is 1. The Morgan fingerprint density at radius 1 is 1.25 bits per heavy atom. The van der Waals surface area contributed by atoms with E-state index in [0.717, 1.165) is 10.0 Å². The lowest BCUT2D eigenvalue weighted by Crippen LogP contribution is -2.42. The molecule has 1 spiro atoms. The number of carbonyl (C=O) groups is 1. The third kappa shape index (κ3) is 2.68. The van der Waals surface area contributed by atoms with E-state index in [1.165, 1.54) is 0 Å². The minimum Gasteiger partial charge on any atom is -0.388 e. The second kappa shape index (κ2) is 5.56. The van der Waals surface area contributed by atoms with Crippen LogP contribution in [-0.4, -0.2) is 29.9 Å². The molecule has 1 heterocycles. The van der Waals surface area contributed by atoms with Crippen LogP contribution in [0.4, 0.5) is 0 Å². The summed E-state index contributed by atoms with van der Waals surface area (Å²) in [7, 11) is 0. The lowest BCUT2D eigenvalue weighted by molar-refractivity contribution is -0.196. The molecule has 2 aliphatic rings. The minimum absolute atomic E-state index is 0.0881. The summed E-state index contributed by atoms with van der Waals surface area (Å²) in [5.41, 5.74) is 0.751. The van der Waals surface area contributed by atoms with Crippen LogP contribution in [0.3, 0.4) is 0 Å². The molecule has 1 aromatic carbocycles. The van der Waals surface area contributed by atoms with Crippen LogP contribution in [0.15, 0.2) is 28.7 Å². The molecule has 2 atom stereocenters. The van der Waals surface area contributed by atoms with E-state index in [0.29, 0.717) is 32.5 Å². The van der Waals surface area contributed by atoms with E-state index >= 15 is 0 Å². The Morgan fingerprint density at radius 3 is 2.55 bits per heavy atom. The van der Waals surface area contributed by atoms with Gasteiger partial charge in [-0.2, -0.15) is 0 Å². The number of benzene rings is 1. The summed E-state index contributed by atoms with van der Waals surface area (Å²) in [5.74, 6) is -1.03. The van der Waals surface area contributed by atoms with Gasteiger partial charge in [0.25, 0.3) is 0 Å². The number of ketones is 1. The van der Waals surface area contributed by atoms with Crippen LogP contribution < -0.4 is 0 Å². The second-order valence-electron chi connectivity index (χ2n) is 5.38. The minimum atomic E-state index is -0.805. The highest BCUT2D eigenvalue weighted by molar-refractivity contribution is 9.10. The van der Waals surface area contributed by atoms with E-state index in [2.05, 4.69) is 15.9 Å². The van der Waals surface area contributed by atoms with Crippen LogP contribution in [0.1, 0.15) is 30.9 Å². The molecule has 2 fully saturated rings. The van der Waals surface area contributed by atoms with Gasteiger partial charge >= 0.3 is 0 Å². The van der Waals surface area contributed by atoms with Gasteiger partial charge in [-0.25, -0.2) is 0 Å². The zero-order chi connectivity index (χ0) is 14.2. The van der Waals surface area contributed by atoms with Gasteiger partial charge in [0, 0.05) is 23.7 Å². The maximum atomic E-state index is 12.1. The van der Waals surface area contributed by atoms with Crippen molar-refractivity contribution in [3.8, 4) is 0 Å². The molecule has 0 aromatic heterocycles. The van der Waals surface area contributed by atoms with Crippen molar-refractivity contribution in [1.29, 1.82) is 0 Å². The molecule has 1 aromatic rings. The van der Waals surface area contributed by atoms with Gasteiger partial charge in [-0.05, 0) is 17.7 Å². The number of aliphatic hydroxyl groups excluding tert-OH is 1. The van der Waals surface area contributed by atoms with E-state index in [1.807, 2.05) is 24.3 Å². The SMILES string of the molecule is O=C1CCC2(C[C@H]1[C@@H](O)c1ccc(Br)cc1)OCCO2. The van der Waals surface area contributed by atoms with Crippen molar-refractivity contribution >= 4 is 21.7 Å². The van der Waals surface area contributed by atoms with Crippen molar-refractivity contribution in [2.45, 2.75) is 31.2 Å². The van der Waals surface area contributed by atoms with Crippen molar-refractivity contribution in [1.82, 2.24) is 0 Å². The van der Waals surface area contributed by atoms with Crippen molar-refractivity contribution in [3.05, 3.63) is 34.3 Å². The average Bonchev–Trinajstić information content (AvgIpc) is 2.90. The van der Waals surface area contributed by atoms with Gasteiger partial charge in [0.1, 0.15) is 5.78 Å². The maximum Gasteiger partial charge on any atom is 0.169 e. The number of rotatable bonds is 2. The molecule has 4 nitrogen and oxygen atoms in total. The highest BCUT2D eigenvalue weighted by Crippen LogP contribution is 2.41. The largest absolute Gasteiger partial charge is 0.388 e. The Bertz CT molecular complexity index is 493. The topological polar surface area (TPSA) is 55.8 Å². The van der Waals surface area contributed by atoms with Gasteiger partial charge < -0.3 is 14.6 Å². The molecule has 0 unspecified atom stereocenters. The molecule has 5 heteroatoms. The lowest BCUT2D eigenvalue weighted by Gasteiger charge is -2.37. The predicted octanol–water partition coefficient (Wildman–Crippen LogP) is 2.59. The van der Waals surface area contributed by atoms with Gasteiger partial charge in [0.15, 0.2) is 5.79 Å². The van der Waals surface area contributed by atoms with Crippen LogP contribution in [0.25, 0.3) is 0 Å². The molecule has 0 radical (unpaired) electrons. The van der Waals surface area contributed by atoms with Crippen LogP contribution in [0, 0.1) is 5.92 Å². The summed E-state index contributed by atoms with van der Waals surface area (Å²) in [5, 5.41) is 10.5. The number of halogens is 1. The molecule has 1 saturated heterocycles. The van der Waals surface area contributed by atoms with Gasteiger partial charge in [-0.15, -0.1) is 0 Å². The molecule has 20 heavy (non-hydrogen) atoms. The Labute approximate surface area is 126 Å². The molecule has 0 amide bonds. The molecule has 1 N–H and O–H groups in total. The van der Waals surface area contributed by atoms with Crippen molar-refractivity contribution in [2.75, 3.05) is 13.2 Å². The zero-order valence-corrected chi connectivity index (χ0v) is 12.6.